The number of phenolic OH excluding ortho intramolecular Hbond substituents is 1. The highest BCUT2D eigenvalue weighted by Crippen LogP contribution is 2.29. The lowest BCUT2D eigenvalue weighted by Gasteiger charge is -2.11. The number of ether oxygens (including phenoxy) is 2. The van der Waals surface area contributed by atoms with Gasteiger partial charge in [-0.05, 0) is 19.1 Å². The maximum Gasteiger partial charge on any atom is 0.263 e. The Bertz CT molecular complexity index is 762. The molecule has 2 rings (SSSR count). The van der Waals surface area contributed by atoms with E-state index in [1.165, 1.54) is 12.1 Å². The Labute approximate surface area is 141 Å². The Kier molecular flexibility index (Phi) is 6.95. The van der Waals surface area contributed by atoms with E-state index in [0.29, 0.717) is 30.6 Å². The molecule has 132 valence electrons. The number of benzene rings is 2. The molecule has 0 aliphatic carbocycles. The predicted molar refractivity (Wildman–Crippen MR) is 89.2 cm³/mol. The van der Waals surface area contributed by atoms with Crippen LogP contribution in [0.15, 0.2) is 41.3 Å². The molecular formula is C16H21NO6S. The first-order valence-corrected chi connectivity index (χ1v) is 9.04. The number of hydrogen-bond donors (Lipinski definition) is 2. The molecule has 0 saturated heterocycles. The van der Waals surface area contributed by atoms with Crippen molar-refractivity contribution in [3.63, 3.8) is 0 Å². The summed E-state index contributed by atoms with van der Waals surface area (Å²) in [6.07, 6.45) is 0. The van der Waals surface area contributed by atoms with Crippen molar-refractivity contribution in [3.05, 3.63) is 36.4 Å². The first kappa shape index (κ1) is 18.6. The first-order valence-electron chi connectivity index (χ1n) is 7.56. The molecular weight excluding hydrogens is 334 g/mol. The molecule has 0 heterocycles. The standard InChI is InChI=1S/C16H21NO6S/c1-2-21-9-10-22-11-12-23-17-24(19,20)16-8-7-15(18)13-5-3-4-6-14(13)16/h3-8,17-18H,2,9-12H2,1H3. The number of nitrogens with one attached hydrogen (secondary N) is 1. The highest BCUT2D eigenvalue weighted by Gasteiger charge is 2.18. The van der Waals surface area contributed by atoms with Gasteiger partial charge in [0.15, 0.2) is 0 Å². The van der Waals surface area contributed by atoms with Gasteiger partial charge in [0.1, 0.15) is 5.75 Å². The van der Waals surface area contributed by atoms with E-state index in [1.54, 1.807) is 24.3 Å². The Hall–Kier alpha value is -1.71. The third-order valence-corrected chi connectivity index (χ3v) is 4.50. The molecule has 0 saturated carbocycles. The number of fused-ring (bicyclic) bond motifs is 1. The maximum atomic E-state index is 12.4. The van der Waals surface area contributed by atoms with Gasteiger partial charge in [-0.2, -0.15) is 0 Å². The van der Waals surface area contributed by atoms with Crippen molar-refractivity contribution in [1.29, 1.82) is 0 Å². The predicted octanol–water partition coefficient (Wildman–Crippen LogP) is 1.81. The molecule has 0 spiro atoms. The van der Waals surface area contributed by atoms with E-state index in [2.05, 4.69) is 4.89 Å². The summed E-state index contributed by atoms with van der Waals surface area (Å²) in [5.74, 6) is 0.0215. The van der Waals surface area contributed by atoms with Gasteiger partial charge in [0, 0.05) is 17.4 Å². The van der Waals surface area contributed by atoms with Gasteiger partial charge < -0.3 is 14.6 Å². The average Bonchev–Trinajstić information content (AvgIpc) is 2.57. The number of sulfonamides is 1. The van der Waals surface area contributed by atoms with Gasteiger partial charge in [-0.15, -0.1) is 0 Å². The van der Waals surface area contributed by atoms with Gasteiger partial charge >= 0.3 is 0 Å². The molecule has 0 aromatic heterocycles. The van der Waals surface area contributed by atoms with Crippen molar-refractivity contribution in [2.45, 2.75) is 11.8 Å². The monoisotopic (exact) mass is 355 g/mol. The van der Waals surface area contributed by atoms with Crippen LogP contribution >= 0.6 is 0 Å². The largest absolute Gasteiger partial charge is 0.507 e. The molecule has 2 N–H and O–H groups in total. The van der Waals surface area contributed by atoms with Gasteiger partial charge in [-0.3, -0.25) is 4.84 Å². The smallest absolute Gasteiger partial charge is 0.263 e. The van der Waals surface area contributed by atoms with Crippen molar-refractivity contribution in [3.8, 4) is 5.75 Å². The molecule has 2 aromatic carbocycles. The SMILES string of the molecule is CCOCCOCCONS(=O)(=O)c1ccc(O)c2ccccc12. The summed E-state index contributed by atoms with van der Waals surface area (Å²) in [5, 5.41) is 10.7. The lowest BCUT2D eigenvalue weighted by molar-refractivity contribution is 0.00420. The van der Waals surface area contributed by atoms with Gasteiger partial charge in [0.25, 0.3) is 10.0 Å². The Morgan fingerprint density at radius 3 is 2.38 bits per heavy atom. The molecule has 2 aromatic rings. The molecule has 0 fully saturated rings. The molecule has 0 aliphatic rings. The molecule has 7 nitrogen and oxygen atoms in total. The Morgan fingerprint density at radius 2 is 1.62 bits per heavy atom. The zero-order valence-corrected chi connectivity index (χ0v) is 14.2. The van der Waals surface area contributed by atoms with Crippen LogP contribution in [0.25, 0.3) is 10.8 Å². The summed E-state index contributed by atoms with van der Waals surface area (Å²) >= 11 is 0. The summed E-state index contributed by atoms with van der Waals surface area (Å²) in [7, 11) is -3.87. The van der Waals surface area contributed by atoms with Crippen molar-refractivity contribution in [1.82, 2.24) is 4.89 Å². The minimum absolute atomic E-state index is 0.0215. The summed E-state index contributed by atoms with van der Waals surface area (Å²) in [4.78, 5) is 7.08. The zero-order chi connectivity index (χ0) is 17.4. The first-order chi connectivity index (χ1) is 11.6. The van der Waals surface area contributed by atoms with Crippen LogP contribution in [0.5, 0.6) is 5.75 Å². The summed E-state index contributed by atoms with van der Waals surface area (Å²) in [6.45, 7) is 3.74. The number of phenols is 1. The van der Waals surface area contributed by atoms with E-state index in [-0.39, 0.29) is 23.9 Å². The third kappa shape index (κ3) is 4.89. The second-order valence-electron chi connectivity index (χ2n) is 4.87. The van der Waals surface area contributed by atoms with Crippen LogP contribution in [-0.4, -0.2) is 46.6 Å². The topological polar surface area (TPSA) is 94.1 Å². The molecule has 0 amide bonds. The molecule has 0 aliphatic heterocycles. The van der Waals surface area contributed by atoms with Crippen LogP contribution in [0.1, 0.15) is 6.92 Å². The summed E-state index contributed by atoms with van der Waals surface area (Å²) < 4.78 is 35.0. The maximum absolute atomic E-state index is 12.4. The average molecular weight is 355 g/mol. The van der Waals surface area contributed by atoms with Crippen molar-refractivity contribution < 1.29 is 27.8 Å². The van der Waals surface area contributed by atoms with E-state index in [0.717, 1.165) is 0 Å². The third-order valence-electron chi connectivity index (χ3n) is 3.23. The fourth-order valence-corrected chi connectivity index (χ4v) is 3.16. The van der Waals surface area contributed by atoms with Crippen molar-refractivity contribution in [2.24, 2.45) is 0 Å². The van der Waals surface area contributed by atoms with Crippen molar-refractivity contribution in [2.75, 3.05) is 33.0 Å². The molecule has 0 unspecified atom stereocenters. The van der Waals surface area contributed by atoms with E-state index in [1.807, 2.05) is 6.92 Å². The van der Waals surface area contributed by atoms with Gasteiger partial charge in [-0.25, -0.2) is 8.42 Å². The highest BCUT2D eigenvalue weighted by molar-refractivity contribution is 7.89. The summed E-state index contributed by atoms with van der Waals surface area (Å²) in [5.41, 5.74) is 0. The van der Waals surface area contributed by atoms with E-state index in [4.69, 9.17) is 14.3 Å². The number of rotatable bonds is 10. The number of aromatic hydroxyl groups is 1. The fourth-order valence-electron chi connectivity index (χ4n) is 2.12. The quantitative estimate of drug-likeness (QED) is 0.499. The van der Waals surface area contributed by atoms with E-state index < -0.39 is 10.0 Å². The van der Waals surface area contributed by atoms with Crippen LogP contribution in [0.2, 0.25) is 0 Å². The van der Waals surface area contributed by atoms with Gasteiger partial charge in [0.2, 0.25) is 0 Å². The van der Waals surface area contributed by atoms with E-state index >= 15 is 0 Å². The lowest BCUT2D eigenvalue weighted by Crippen LogP contribution is -2.26. The summed E-state index contributed by atoms with van der Waals surface area (Å²) in [6, 6.07) is 9.38. The van der Waals surface area contributed by atoms with Gasteiger partial charge in [-0.1, -0.05) is 29.2 Å². The second kappa shape index (κ2) is 8.95. The molecule has 0 radical (unpaired) electrons. The Balaban J connectivity index is 1.93. The van der Waals surface area contributed by atoms with Crippen LogP contribution in [0.3, 0.4) is 0 Å². The van der Waals surface area contributed by atoms with Gasteiger partial charge in [0.05, 0.1) is 31.3 Å². The normalized spacial score (nSPS) is 11.9. The molecule has 0 bridgehead atoms. The van der Waals surface area contributed by atoms with Crippen LogP contribution in [-0.2, 0) is 24.3 Å². The molecule has 0 atom stereocenters. The molecule has 24 heavy (non-hydrogen) atoms. The minimum atomic E-state index is -3.87. The second-order valence-corrected chi connectivity index (χ2v) is 6.49. The lowest BCUT2D eigenvalue weighted by atomic mass is 10.1. The highest BCUT2D eigenvalue weighted by atomic mass is 32.2. The number of hydrogen-bond acceptors (Lipinski definition) is 6. The zero-order valence-electron chi connectivity index (χ0n) is 13.4. The van der Waals surface area contributed by atoms with Crippen LogP contribution < -0.4 is 4.89 Å². The fraction of sp³-hybridized carbons (Fsp3) is 0.375. The van der Waals surface area contributed by atoms with Crippen LogP contribution in [0, 0.1) is 0 Å². The Morgan fingerprint density at radius 1 is 0.958 bits per heavy atom. The van der Waals surface area contributed by atoms with Crippen molar-refractivity contribution >= 4 is 20.8 Å². The molecule has 8 heteroatoms. The van der Waals surface area contributed by atoms with E-state index in [9.17, 15) is 13.5 Å². The minimum Gasteiger partial charge on any atom is -0.507 e. The van der Waals surface area contributed by atoms with Crippen LogP contribution in [0.4, 0.5) is 0 Å².